The molecule has 2 aliphatic rings. The fourth-order valence-corrected chi connectivity index (χ4v) is 3.72. The van der Waals surface area contributed by atoms with Crippen LogP contribution in [0.1, 0.15) is 31.0 Å². The highest BCUT2D eigenvalue weighted by Gasteiger charge is 2.30. The predicted molar refractivity (Wildman–Crippen MR) is 84.7 cm³/mol. The van der Waals surface area contributed by atoms with Crippen LogP contribution in [0.15, 0.2) is 22.8 Å². The standard InChI is InChI=1S/C16H21BrN2O/c1-11-9-14(17)10-18-16(11)13-3-6-19(7-4-13)15-5-8-20-12(15)2/h3,9-10,12,15H,4-8H2,1-2H3. The third-order valence-electron chi connectivity index (χ3n) is 4.39. The third kappa shape index (κ3) is 2.83. The molecule has 2 atom stereocenters. The number of pyridine rings is 1. The van der Waals surface area contributed by atoms with Crippen LogP contribution in [-0.2, 0) is 4.74 Å². The van der Waals surface area contributed by atoms with Crippen LogP contribution >= 0.6 is 15.9 Å². The summed E-state index contributed by atoms with van der Waals surface area (Å²) in [6.45, 7) is 7.36. The van der Waals surface area contributed by atoms with Crippen LogP contribution in [0.25, 0.3) is 5.57 Å². The first-order chi connectivity index (χ1) is 9.65. The molecule has 3 heterocycles. The summed E-state index contributed by atoms with van der Waals surface area (Å²) in [5.41, 5.74) is 3.79. The van der Waals surface area contributed by atoms with E-state index >= 15 is 0 Å². The number of aryl methyl sites for hydroxylation is 1. The maximum Gasteiger partial charge on any atom is 0.0703 e. The van der Waals surface area contributed by atoms with Crippen molar-refractivity contribution in [2.45, 2.75) is 38.8 Å². The molecule has 1 saturated heterocycles. The first-order valence-corrected chi connectivity index (χ1v) is 8.11. The van der Waals surface area contributed by atoms with E-state index in [-0.39, 0.29) is 0 Å². The fourth-order valence-electron chi connectivity index (χ4n) is 3.28. The number of hydrogen-bond donors (Lipinski definition) is 0. The van der Waals surface area contributed by atoms with Crippen LogP contribution in [0, 0.1) is 6.92 Å². The lowest BCUT2D eigenvalue weighted by Gasteiger charge is -2.33. The highest BCUT2D eigenvalue weighted by atomic mass is 79.9. The number of aromatic nitrogens is 1. The smallest absolute Gasteiger partial charge is 0.0703 e. The average molecular weight is 337 g/mol. The fraction of sp³-hybridized carbons (Fsp3) is 0.562. The zero-order valence-corrected chi connectivity index (χ0v) is 13.7. The van der Waals surface area contributed by atoms with E-state index in [0.717, 1.165) is 36.3 Å². The third-order valence-corrected chi connectivity index (χ3v) is 4.83. The van der Waals surface area contributed by atoms with Gasteiger partial charge in [-0.2, -0.15) is 0 Å². The van der Waals surface area contributed by atoms with Gasteiger partial charge in [0.25, 0.3) is 0 Å². The molecule has 0 aromatic carbocycles. The Morgan fingerprint density at radius 2 is 2.30 bits per heavy atom. The van der Waals surface area contributed by atoms with E-state index in [2.05, 4.69) is 51.8 Å². The van der Waals surface area contributed by atoms with Gasteiger partial charge in [0.1, 0.15) is 0 Å². The quantitative estimate of drug-likeness (QED) is 0.827. The van der Waals surface area contributed by atoms with Crippen molar-refractivity contribution in [2.24, 2.45) is 0 Å². The lowest BCUT2D eigenvalue weighted by molar-refractivity contribution is 0.0782. The molecule has 0 radical (unpaired) electrons. The Balaban J connectivity index is 1.73. The van der Waals surface area contributed by atoms with E-state index in [9.17, 15) is 0 Å². The summed E-state index contributed by atoms with van der Waals surface area (Å²) in [5.74, 6) is 0. The molecule has 0 amide bonds. The van der Waals surface area contributed by atoms with Crippen molar-refractivity contribution in [1.82, 2.24) is 9.88 Å². The van der Waals surface area contributed by atoms with E-state index in [1.54, 1.807) is 0 Å². The molecule has 0 spiro atoms. The Morgan fingerprint density at radius 1 is 1.45 bits per heavy atom. The minimum atomic E-state index is 0.373. The molecule has 4 heteroatoms. The first kappa shape index (κ1) is 14.2. The molecule has 3 nitrogen and oxygen atoms in total. The van der Waals surface area contributed by atoms with Crippen LogP contribution in [-0.4, -0.2) is 41.7 Å². The van der Waals surface area contributed by atoms with E-state index in [4.69, 9.17) is 4.74 Å². The molecule has 20 heavy (non-hydrogen) atoms. The Kier molecular flexibility index (Phi) is 4.24. The molecule has 0 bridgehead atoms. The summed E-state index contributed by atoms with van der Waals surface area (Å²) in [7, 11) is 0. The Morgan fingerprint density at radius 3 is 2.90 bits per heavy atom. The molecule has 1 aromatic heterocycles. The molecule has 0 saturated carbocycles. The molecule has 0 aliphatic carbocycles. The van der Waals surface area contributed by atoms with Crippen molar-refractivity contribution in [3.05, 3.63) is 34.1 Å². The zero-order valence-electron chi connectivity index (χ0n) is 12.1. The first-order valence-electron chi connectivity index (χ1n) is 7.32. The van der Waals surface area contributed by atoms with Gasteiger partial charge in [0.15, 0.2) is 0 Å². The molecule has 0 N–H and O–H groups in total. The minimum Gasteiger partial charge on any atom is -0.377 e. The van der Waals surface area contributed by atoms with Gasteiger partial charge < -0.3 is 4.74 Å². The van der Waals surface area contributed by atoms with E-state index in [1.165, 1.54) is 17.6 Å². The Labute approximate surface area is 129 Å². The van der Waals surface area contributed by atoms with Gasteiger partial charge in [0.2, 0.25) is 0 Å². The summed E-state index contributed by atoms with van der Waals surface area (Å²) in [6.07, 6.45) is 6.86. The van der Waals surface area contributed by atoms with Gasteiger partial charge in [-0.05, 0) is 59.8 Å². The second-order valence-electron chi connectivity index (χ2n) is 5.73. The SMILES string of the molecule is Cc1cc(Br)cnc1C1=CCN(C2CCOC2C)CC1. The van der Waals surface area contributed by atoms with Crippen LogP contribution < -0.4 is 0 Å². The van der Waals surface area contributed by atoms with Crippen LogP contribution in [0.4, 0.5) is 0 Å². The highest BCUT2D eigenvalue weighted by molar-refractivity contribution is 9.10. The molecule has 1 aromatic rings. The lowest BCUT2D eigenvalue weighted by atomic mass is 9.98. The molecule has 3 rings (SSSR count). The molecular formula is C16H21BrN2O. The average Bonchev–Trinajstić information content (AvgIpc) is 2.85. The topological polar surface area (TPSA) is 25.4 Å². The summed E-state index contributed by atoms with van der Waals surface area (Å²) in [5, 5.41) is 0. The summed E-state index contributed by atoms with van der Waals surface area (Å²) >= 11 is 3.48. The zero-order chi connectivity index (χ0) is 14.1. The normalized spacial score (nSPS) is 27.6. The molecule has 1 fully saturated rings. The van der Waals surface area contributed by atoms with Crippen molar-refractivity contribution in [2.75, 3.05) is 19.7 Å². The van der Waals surface area contributed by atoms with Gasteiger partial charge in [-0.1, -0.05) is 6.08 Å². The lowest BCUT2D eigenvalue weighted by Crippen LogP contribution is -2.42. The van der Waals surface area contributed by atoms with Crippen molar-refractivity contribution in [1.29, 1.82) is 0 Å². The summed E-state index contributed by atoms with van der Waals surface area (Å²) in [6, 6.07) is 2.73. The van der Waals surface area contributed by atoms with E-state index < -0.39 is 0 Å². The molecule has 2 unspecified atom stereocenters. The van der Waals surface area contributed by atoms with Gasteiger partial charge in [0.05, 0.1) is 11.8 Å². The largest absolute Gasteiger partial charge is 0.377 e. The Hall–Kier alpha value is -0.710. The monoisotopic (exact) mass is 336 g/mol. The van der Waals surface area contributed by atoms with Crippen molar-refractivity contribution >= 4 is 21.5 Å². The van der Waals surface area contributed by atoms with Crippen LogP contribution in [0.2, 0.25) is 0 Å². The van der Waals surface area contributed by atoms with Gasteiger partial charge in [-0.3, -0.25) is 9.88 Å². The van der Waals surface area contributed by atoms with Gasteiger partial charge >= 0.3 is 0 Å². The summed E-state index contributed by atoms with van der Waals surface area (Å²) in [4.78, 5) is 7.13. The number of rotatable bonds is 2. The van der Waals surface area contributed by atoms with E-state index in [0.29, 0.717) is 12.1 Å². The van der Waals surface area contributed by atoms with Crippen LogP contribution in [0.5, 0.6) is 0 Å². The van der Waals surface area contributed by atoms with Crippen molar-refractivity contribution in [3.63, 3.8) is 0 Å². The Bertz CT molecular complexity index is 529. The molecule has 2 aliphatic heterocycles. The predicted octanol–water partition coefficient (Wildman–Crippen LogP) is 3.42. The summed E-state index contributed by atoms with van der Waals surface area (Å²) < 4.78 is 6.73. The maximum absolute atomic E-state index is 5.68. The maximum atomic E-state index is 5.68. The van der Waals surface area contributed by atoms with Crippen molar-refractivity contribution < 1.29 is 4.74 Å². The molecular weight excluding hydrogens is 316 g/mol. The number of ether oxygens (including phenoxy) is 1. The number of hydrogen-bond acceptors (Lipinski definition) is 3. The van der Waals surface area contributed by atoms with E-state index in [1.807, 2.05) is 6.20 Å². The minimum absolute atomic E-state index is 0.373. The highest BCUT2D eigenvalue weighted by Crippen LogP contribution is 2.28. The van der Waals surface area contributed by atoms with Gasteiger partial charge in [-0.25, -0.2) is 0 Å². The van der Waals surface area contributed by atoms with Gasteiger partial charge in [0, 0.05) is 36.4 Å². The number of halogens is 1. The van der Waals surface area contributed by atoms with Crippen molar-refractivity contribution in [3.8, 4) is 0 Å². The number of nitrogens with zero attached hydrogens (tertiary/aromatic N) is 2. The second kappa shape index (κ2) is 5.96. The second-order valence-corrected chi connectivity index (χ2v) is 6.64. The van der Waals surface area contributed by atoms with Gasteiger partial charge in [-0.15, -0.1) is 0 Å². The van der Waals surface area contributed by atoms with Crippen LogP contribution in [0.3, 0.4) is 0 Å². The molecule has 108 valence electrons.